The van der Waals surface area contributed by atoms with Gasteiger partial charge in [0.2, 0.25) is 6.79 Å². The standard InChI is InChI=1S/C25H17ClFNO8S2/c1-33-20-8-14(2-7-19(20)36-38(31,32)17-5-3-16(27)4-6-17)9-23-24(29)28(25(30)37-23)12-15-10-21-22(11-18(15)26)35-13-34-21/h2-11H,12-13H2,1H3/b23-9-. The fourth-order valence-electron chi connectivity index (χ4n) is 3.65. The molecule has 2 heterocycles. The number of hydrogen-bond acceptors (Lipinski definition) is 9. The summed E-state index contributed by atoms with van der Waals surface area (Å²) in [4.78, 5) is 26.6. The van der Waals surface area contributed by atoms with Gasteiger partial charge in [0.1, 0.15) is 10.7 Å². The molecule has 0 spiro atoms. The van der Waals surface area contributed by atoms with Crippen molar-refractivity contribution in [2.75, 3.05) is 13.9 Å². The molecule has 0 aromatic heterocycles. The van der Waals surface area contributed by atoms with E-state index in [0.29, 0.717) is 27.6 Å². The predicted molar refractivity (Wildman–Crippen MR) is 136 cm³/mol. The fraction of sp³-hybridized carbons (Fsp3) is 0.120. The second-order valence-electron chi connectivity index (χ2n) is 7.97. The third-order valence-electron chi connectivity index (χ3n) is 5.53. The number of fused-ring (bicyclic) bond motifs is 1. The van der Waals surface area contributed by atoms with Crippen LogP contribution in [0, 0.1) is 5.82 Å². The van der Waals surface area contributed by atoms with Crippen molar-refractivity contribution in [1.29, 1.82) is 0 Å². The maximum atomic E-state index is 13.2. The summed E-state index contributed by atoms with van der Waals surface area (Å²) < 4.78 is 59.4. The first-order valence-electron chi connectivity index (χ1n) is 10.9. The van der Waals surface area contributed by atoms with Crippen LogP contribution >= 0.6 is 23.4 Å². The van der Waals surface area contributed by atoms with Crippen LogP contribution in [0.4, 0.5) is 9.18 Å². The zero-order valence-corrected chi connectivity index (χ0v) is 21.9. The van der Waals surface area contributed by atoms with Crippen molar-refractivity contribution in [2.24, 2.45) is 0 Å². The second kappa shape index (κ2) is 10.2. The van der Waals surface area contributed by atoms with Gasteiger partial charge in [-0.2, -0.15) is 8.42 Å². The lowest BCUT2D eigenvalue weighted by atomic mass is 10.1. The Bertz CT molecular complexity index is 1590. The molecule has 0 unspecified atom stereocenters. The maximum Gasteiger partial charge on any atom is 0.339 e. The van der Waals surface area contributed by atoms with Crippen molar-refractivity contribution in [3.8, 4) is 23.0 Å². The third-order valence-corrected chi connectivity index (χ3v) is 8.04. The van der Waals surface area contributed by atoms with E-state index in [1.165, 1.54) is 31.4 Å². The van der Waals surface area contributed by atoms with Gasteiger partial charge in [-0.05, 0) is 71.4 Å². The van der Waals surface area contributed by atoms with Crippen LogP contribution in [0.1, 0.15) is 11.1 Å². The molecule has 2 aliphatic heterocycles. The Balaban J connectivity index is 1.35. The lowest BCUT2D eigenvalue weighted by Gasteiger charge is -2.14. The highest BCUT2D eigenvalue weighted by molar-refractivity contribution is 8.18. The number of hydrogen-bond donors (Lipinski definition) is 0. The zero-order valence-electron chi connectivity index (χ0n) is 19.5. The molecule has 3 aromatic carbocycles. The van der Waals surface area contributed by atoms with Crippen LogP contribution in [0.15, 0.2) is 64.4 Å². The molecule has 0 aliphatic carbocycles. The van der Waals surface area contributed by atoms with Gasteiger partial charge in [-0.15, -0.1) is 0 Å². The number of amides is 2. The van der Waals surface area contributed by atoms with E-state index in [0.717, 1.165) is 40.9 Å². The van der Waals surface area contributed by atoms with Gasteiger partial charge in [0.15, 0.2) is 23.0 Å². The van der Waals surface area contributed by atoms with Crippen LogP contribution in [0.25, 0.3) is 6.08 Å². The number of ether oxygens (including phenoxy) is 3. The van der Waals surface area contributed by atoms with Crippen LogP contribution in [0.2, 0.25) is 5.02 Å². The Morgan fingerprint density at radius 3 is 2.47 bits per heavy atom. The van der Waals surface area contributed by atoms with Gasteiger partial charge in [-0.25, -0.2) is 4.39 Å². The first kappa shape index (κ1) is 25.9. The lowest BCUT2D eigenvalue weighted by molar-refractivity contribution is -0.123. The van der Waals surface area contributed by atoms with Gasteiger partial charge in [0, 0.05) is 11.1 Å². The van der Waals surface area contributed by atoms with E-state index >= 15 is 0 Å². The summed E-state index contributed by atoms with van der Waals surface area (Å²) in [5.74, 6) is -0.195. The first-order chi connectivity index (χ1) is 18.1. The SMILES string of the molecule is COc1cc(/C=C2\SC(=O)N(Cc3cc4c(cc3Cl)OCO4)C2=O)ccc1OS(=O)(=O)c1ccc(F)cc1. The molecule has 2 aliphatic rings. The van der Waals surface area contributed by atoms with Gasteiger partial charge in [0.05, 0.1) is 18.6 Å². The van der Waals surface area contributed by atoms with E-state index in [9.17, 15) is 22.4 Å². The normalized spacial score (nSPS) is 15.9. The number of methoxy groups -OCH3 is 1. The van der Waals surface area contributed by atoms with Gasteiger partial charge in [-0.1, -0.05) is 17.7 Å². The minimum absolute atomic E-state index is 0.0604. The van der Waals surface area contributed by atoms with Gasteiger partial charge in [0.25, 0.3) is 11.1 Å². The summed E-state index contributed by atoms with van der Waals surface area (Å²) in [7, 11) is -2.94. The molecule has 5 rings (SSSR count). The Morgan fingerprint density at radius 2 is 1.76 bits per heavy atom. The van der Waals surface area contributed by atoms with E-state index in [1.807, 2.05) is 0 Å². The minimum Gasteiger partial charge on any atom is -0.493 e. The summed E-state index contributed by atoms with van der Waals surface area (Å²) in [6.07, 6.45) is 1.48. The van der Waals surface area contributed by atoms with Crippen LogP contribution < -0.4 is 18.4 Å². The molecule has 0 radical (unpaired) electrons. The molecule has 0 atom stereocenters. The van der Waals surface area contributed by atoms with Crippen LogP contribution in [0.5, 0.6) is 23.0 Å². The second-order valence-corrected chi connectivity index (χ2v) is 10.9. The summed E-state index contributed by atoms with van der Waals surface area (Å²) in [6.45, 7) is -0.000284. The fourth-order valence-corrected chi connectivity index (χ4v) is 5.64. The Morgan fingerprint density at radius 1 is 1.05 bits per heavy atom. The maximum absolute atomic E-state index is 13.2. The lowest BCUT2D eigenvalue weighted by Crippen LogP contribution is -2.27. The van der Waals surface area contributed by atoms with Crippen LogP contribution in [0.3, 0.4) is 0 Å². The average molecular weight is 578 g/mol. The zero-order chi connectivity index (χ0) is 27.0. The summed E-state index contributed by atoms with van der Waals surface area (Å²) in [5, 5.41) is -0.152. The van der Waals surface area contributed by atoms with E-state index in [4.69, 9.17) is 30.0 Å². The van der Waals surface area contributed by atoms with Crippen molar-refractivity contribution in [3.63, 3.8) is 0 Å². The Labute approximate surface area is 225 Å². The molecule has 0 N–H and O–H groups in total. The molecular weight excluding hydrogens is 561 g/mol. The molecule has 13 heteroatoms. The number of halogens is 2. The summed E-state index contributed by atoms with van der Waals surface area (Å²) >= 11 is 7.05. The number of imide groups is 1. The van der Waals surface area contributed by atoms with E-state index in [-0.39, 0.29) is 34.6 Å². The molecule has 1 saturated heterocycles. The molecule has 0 saturated carbocycles. The summed E-state index contributed by atoms with van der Waals surface area (Å²) in [5.41, 5.74) is 0.977. The molecule has 1 fully saturated rings. The Hall–Kier alpha value is -3.74. The average Bonchev–Trinajstić information content (AvgIpc) is 3.44. The number of nitrogens with zero attached hydrogens (tertiary/aromatic N) is 1. The predicted octanol–water partition coefficient (Wildman–Crippen LogP) is 5.22. The number of carbonyl (C=O) groups is 2. The molecule has 0 bridgehead atoms. The molecule has 9 nitrogen and oxygen atoms in total. The monoisotopic (exact) mass is 577 g/mol. The van der Waals surface area contributed by atoms with Crippen molar-refractivity contribution in [2.45, 2.75) is 11.4 Å². The van der Waals surface area contributed by atoms with Crippen molar-refractivity contribution >= 4 is 50.7 Å². The van der Waals surface area contributed by atoms with E-state index in [1.54, 1.807) is 12.1 Å². The van der Waals surface area contributed by atoms with Gasteiger partial charge < -0.3 is 18.4 Å². The highest BCUT2D eigenvalue weighted by Gasteiger charge is 2.36. The van der Waals surface area contributed by atoms with Gasteiger partial charge in [-0.3, -0.25) is 14.5 Å². The number of carbonyl (C=O) groups excluding carboxylic acids is 2. The number of thioether (sulfide) groups is 1. The van der Waals surface area contributed by atoms with Gasteiger partial charge >= 0.3 is 10.1 Å². The molecule has 38 heavy (non-hydrogen) atoms. The van der Waals surface area contributed by atoms with E-state index in [2.05, 4.69) is 0 Å². The van der Waals surface area contributed by atoms with Crippen molar-refractivity contribution in [3.05, 3.63) is 81.5 Å². The first-order valence-corrected chi connectivity index (χ1v) is 13.5. The quantitative estimate of drug-likeness (QED) is 0.276. The van der Waals surface area contributed by atoms with Crippen molar-refractivity contribution in [1.82, 2.24) is 4.90 Å². The molecule has 3 aromatic rings. The molecule has 196 valence electrons. The molecular formula is C25H17ClFNO8S2. The van der Waals surface area contributed by atoms with Crippen LogP contribution in [-0.4, -0.2) is 38.4 Å². The number of benzene rings is 3. The molecule has 2 amide bonds. The smallest absolute Gasteiger partial charge is 0.339 e. The minimum atomic E-state index is -4.26. The van der Waals surface area contributed by atoms with E-state index < -0.39 is 27.1 Å². The highest BCUT2D eigenvalue weighted by atomic mass is 35.5. The number of rotatable bonds is 7. The summed E-state index contributed by atoms with van der Waals surface area (Å²) in [6, 6.07) is 11.7. The Kier molecular flexibility index (Phi) is 6.95. The third kappa shape index (κ3) is 5.15. The topological polar surface area (TPSA) is 108 Å². The van der Waals surface area contributed by atoms with Crippen molar-refractivity contribution < 1.29 is 40.8 Å². The highest BCUT2D eigenvalue weighted by Crippen LogP contribution is 2.40. The van der Waals surface area contributed by atoms with Crippen LogP contribution in [-0.2, 0) is 21.5 Å². The largest absolute Gasteiger partial charge is 0.493 e.